The number of carbonyl (C=O) groups excluding carboxylic acids is 1. The summed E-state index contributed by atoms with van der Waals surface area (Å²) in [7, 11) is 0. The lowest BCUT2D eigenvalue weighted by Crippen LogP contribution is -2.51. The van der Waals surface area contributed by atoms with Crippen LogP contribution in [0, 0.1) is 13.8 Å². The molecule has 3 heterocycles. The van der Waals surface area contributed by atoms with Gasteiger partial charge in [-0.15, -0.1) is 5.10 Å². The van der Waals surface area contributed by atoms with Gasteiger partial charge in [0.25, 0.3) is 5.56 Å². The number of carbonyl (C=O) groups is 1. The number of nitrogens with zero attached hydrogens (tertiary/aromatic N) is 6. The highest BCUT2D eigenvalue weighted by Crippen LogP contribution is 2.20. The van der Waals surface area contributed by atoms with E-state index in [1.807, 2.05) is 32.0 Å². The molecule has 9 nitrogen and oxygen atoms in total. The van der Waals surface area contributed by atoms with Gasteiger partial charge in [0.15, 0.2) is 5.82 Å². The smallest absolute Gasteiger partial charge is 0.267 e. The van der Waals surface area contributed by atoms with Crippen LogP contribution in [-0.2, 0) is 4.79 Å². The van der Waals surface area contributed by atoms with E-state index < -0.39 is 6.04 Å². The Balaban J connectivity index is 1.48. The minimum atomic E-state index is -0.718. The number of hydrogen-bond acceptors (Lipinski definition) is 6. The Morgan fingerprint density at radius 2 is 1.68 bits per heavy atom. The zero-order chi connectivity index (χ0) is 22.1. The van der Waals surface area contributed by atoms with Gasteiger partial charge in [0.05, 0.1) is 5.69 Å². The predicted molar refractivity (Wildman–Crippen MR) is 117 cm³/mol. The first-order valence-electron chi connectivity index (χ1n) is 10.3. The lowest BCUT2D eigenvalue weighted by molar-refractivity contribution is -0.135. The van der Waals surface area contributed by atoms with Crippen molar-refractivity contribution >= 4 is 11.6 Å². The highest BCUT2D eigenvalue weighted by molar-refractivity contribution is 5.80. The van der Waals surface area contributed by atoms with Crippen molar-refractivity contribution in [2.75, 3.05) is 31.1 Å². The van der Waals surface area contributed by atoms with Crippen molar-refractivity contribution in [2.24, 2.45) is 0 Å². The minimum absolute atomic E-state index is 0.134. The fraction of sp³-hybridized carbons (Fsp3) is 0.364. The summed E-state index contributed by atoms with van der Waals surface area (Å²) in [4.78, 5) is 29.5. The van der Waals surface area contributed by atoms with Crippen molar-refractivity contribution in [1.29, 1.82) is 0 Å². The van der Waals surface area contributed by atoms with Crippen molar-refractivity contribution in [3.63, 3.8) is 0 Å². The van der Waals surface area contributed by atoms with Crippen LogP contribution >= 0.6 is 0 Å². The Morgan fingerprint density at radius 1 is 1.00 bits per heavy atom. The number of aryl methyl sites for hydroxylation is 2. The van der Waals surface area contributed by atoms with E-state index in [2.05, 4.69) is 15.1 Å². The second-order valence-corrected chi connectivity index (χ2v) is 7.82. The van der Waals surface area contributed by atoms with E-state index in [9.17, 15) is 14.7 Å². The molecule has 1 unspecified atom stereocenters. The molecule has 0 bridgehead atoms. The van der Waals surface area contributed by atoms with E-state index in [0.717, 1.165) is 17.1 Å². The lowest BCUT2D eigenvalue weighted by Gasteiger charge is -2.37. The average molecular weight is 422 g/mol. The van der Waals surface area contributed by atoms with Gasteiger partial charge < -0.3 is 14.9 Å². The number of amides is 1. The van der Waals surface area contributed by atoms with Crippen molar-refractivity contribution in [3.05, 3.63) is 64.2 Å². The van der Waals surface area contributed by atoms with Crippen LogP contribution in [0.2, 0.25) is 0 Å². The molecule has 0 radical (unpaired) electrons. The molecule has 0 spiro atoms. The number of piperazine rings is 1. The third-order valence-corrected chi connectivity index (χ3v) is 5.57. The van der Waals surface area contributed by atoms with E-state index in [1.165, 1.54) is 10.7 Å². The molecule has 9 heteroatoms. The van der Waals surface area contributed by atoms with Gasteiger partial charge in [-0.25, -0.2) is 9.36 Å². The molecule has 1 aromatic carbocycles. The third kappa shape index (κ3) is 4.16. The molecule has 4 rings (SSSR count). The van der Waals surface area contributed by atoms with E-state index in [0.29, 0.717) is 32.0 Å². The Bertz CT molecular complexity index is 1140. The molecule has 1 N–H and O–H groups in total. The first kappa shape index (κ1) is 20.6. The first-order valence-corrected chi connectivity index (χ1v) is 10.3. The second-order valence-electron chi connectivity index (χ2n) is 7.82. The van der Waals surface area contributed by atoms with E-state index in [-0.39, 0.29) is 17.2 Å². The molecule has 3 aromatic rings. The fourth-order valence-corrected chi connectivity index (χ4v) is 3.88. The zero-order valence-corrected chi connectivity index (χ0v) is 17.9. The Labute approximate surface area is 180 Å². The van der Waals surface area contributed by atoms with Gasteiger partial charge in [-0.05, 0) is 57.2 Å². The van der Waals surface area contributed by atoms with Crippen LogP contribution in [0.5, 0.6) is 5.75 Å². The summed E-state index contributed by atoms with van der Waals surface area (Å²) in [5.41, 5.74) is 2.44. The number of benzene rings is 1. The van der Waals surface area contributed by atoms with Gasteiger partial charge in [-0.2, -0.15) is 5.10 Å². The van der Waals surface area contributed by atoms with Crippen LogP contribution < -0.4 is 10.5 Å². The molecule has 1 saturated heterocycles. The number of anilines is 1. The van der Waals surface area contributed by atoms with Gasteiger partial charge in [0.2, 0.25) is 5.91 Å². The van der Waals surface area contributed by atoms with Gasteiger partial charge in [-0.1, -0.05) is 0 Å². The zero-order valence-electron chi connectivity index (χ0n) is 17.9. The molecule has 0 aliphatic carbocycles. The summed E-state index contributed by atoms with van der Waals surface area (Å²) in [6, 6.07) is 11.3. The fourth-order valence-electron chi connectivity index (χ4n) is 3.88. The maximum atomic E-state index is 13.1. The molecule has 2 aromatic heterocycles. The van der Waals surface area contributed by atoms with E-state index in [4.69, 9.17) is 0 Å². The normalized spacial score (nSPS) is 15.2. The predicted octanol–water partition coefficient (Wildman–Crippen LogP) is 1.66. The number of aromatic nitrogens is 4. The number of aromatic hydroxyl groups is 1. The molecule has 1 amide bonds. The molecule has 1 fully saturated rings. The van der Waals surface area contributed by atoms with Crippen molar-refractivity contribution in [2.45, 2.75) is 26.8 Å². The van der Waals surface area contributed by atoms with Crippen LogP contribution in [0.1, 0.15) is 24.4 Å². The van der Waals surface area contributed by atoms with Crippen LogP contribution in [0.15, 0.2) is 47.3 Å². The van der Waals surface area contributed by atoms with Gasteiger partial charge in [0, 0.05) is 43.6 Å². The van der Waals surface area contributed by atoms with E-state index in [1.54, 1.807) is 34.7 Å². The van der Waals surface area contributed by atoms with Crippen LogP contribution in [0.25, 0.3) is 5.82 Å². The number of phenols is 1. The Morgan fingerprint density at radius 3 is 2.29 bits per heavy atom. The quantitative estimate of drug-likeness (QED) is 0.687. The highest BCUT2D eigenvalue weighted by atomic mass is 16.3. The molecule has 1 aliphatic heterocycles. The maximum absolute atomic E-state index is 13.1. The second kappa shape index (κ2) is 8.25. The Hall–Kier alpha value is -3.62. The standard InChI is InChI=1S/C22H26N6O3/c1-15-14-16(2)27(23-15)20-8-9-21(30)28(24-20)17(3)22(31)26-12-10-25(11-13-26)18-4-6-19(29)7-5-18/h4-9,14,17,29H,10-13H2,1-3H3. The van der Waals surface area contributed by atoms with Crippen molar-refractivity contribution < 1.29 is 9.90 Å². The van der Waals surface area contributed by atoms with Gasteiger partial charge in [-0.3, -0.25) is 9.59 Å². The monoisotopic (exact) mass is 422 g/mol. The van der Waals surface area contributed by atoms with Crippen molar-refractivity contribution in [1.82, 2.24) is 24.5 Å². The summed E-state index contributed by atoms with van der Waals surface area (Å²) in [5, 5.41) is 18.3. The number of rotatable bonds is 4. The van der Waals surface area contributed by atoms with Gasteiger partial charge in [0.1, 0.15) is 11.8 Å². The summed E-state index contributed by atoms with van der Waals surface area (Å²) in [5.74, 6) is 0.597. The number of phenolic OH excluding ortho intramolecular Hbond substituents is 1. The molecular formula is C22H26N6O3. The largest absolute Gasteiger partial charge is 0.508 e. The minimum Gasteiger partial charge on any atom is -0.508 e. The van der Waals surface area contributed by atoms with Gasteiger partial charge >= 0.3 is 0 Å². The lowest BCUT2D eigenvalue weighted by atomic mass is 10.2. The maximum Gasteiger partial charge on any atom is 0.267 e. The average Bonchev–Trinajstić information content (AvgIpc) is 3.11. The molecular weight excluding hydrogens is 396 g/mol. The topological polar surface area (TPSA) is 96.5 Å². The molecule has 0 saturated carbocycles. The van der Waals surface area contributed by atoms with Crippen LogP contribution in [0.4, 0.5) is 5.69 Å². The first-order chi connectivity index (χ1) is 14.8. The van der Waals surface area contributed by atoms with Crippen LogP contribution in [0.3, 0.4) is 0 Å². The molecule has 1 atom stereocenters. The van der Waals surface area contributed by atoms with Crippen molar-refractivity contribution in [3.8, 4) is 11.6 Å². The van der Waals surface area contributed by atoms with Crippen LogP contribution in [-0.4, -0.2) is 61.7 Å². The summed E-state index contributed by atoms with van der Waals surface area (Å²) in [6.45, 7) is 7.97. The highest BCUT2D eigenvalue weighted by Gasteiger charge is 2.27. The molecule has 31 heavy (non-hydrogen) atoms. The SMILES string of the molecule is Cc1cc(C)n(-c2ccc(=O)n(C(C)C(=O)N3CCN(c4ccc(O)cc4)CC3)n2)n1. The molecule has 1 aliphatic rings. The Kier molecular flexibility index (Phi) is 5.50. The van der Waals surface area contributed by atoms with E-state index >= 15 is 0 Å². The molecule has 162 valence electrons. The third-order valence-electron chi connectivity index (χ3n) is 5.57. The summed E-state index contributed by atoms with van der Waals surface area (Å²) < 4.78 is 2.90. The summed E-state index contributed by atoms with van der Waals surface area (Å²) >= 11 is 0. The summed E-state index contributed by atoms with van der Waals surface area (Å²) in [6.07, 6.45) is 0. The number of hydrogen-bond donors (Lipinski definition) is 1.